The van der Waals surface area contributed by atoms with Crippen LogP contribution in [-0.2, 0) is 23.8 Å². The number of hydrogen-bond acceptors (Lipinski definition) is 7. The summed E-state index contributed by atoms with van der Waals surface area (Å²) in [5, 5.41) is 1.25. The molecule has 1 aliphatic heterocycles. The van der Waals surface area contributed by atoms with Crippen LogP contribution in [0.15, 0.2) is 95.9 Å². The van der Waals surface area contributed by atoms with E-state index in [1.165, 1.54) is 18.1 Å². The van der Waals surface area contributed by atoms with Crippen LogP contribution in [0.2, 0.25) is 0 Å². The van der Waals surface area contributed by atoms with Crippen LogP contribution < -0.4 is 9.64 Å². The number of anilines is 1. The van der Waals surface area contributed by atoms with Gasteiger partial charge in [-0.3, -0.25) is 13.9 Å². The summed E-state index contributed by atoms with van der Waals surface area (Å²) in [6, 6.07) is 24.5. The topological polar surface area (TPSA) is 99.2 Å². The van der Waals surface area contributed by atoms with Crippen molar-refractivity contribution < 1.29 is 31.7 Å². The molecule has 188 valence electrons. The molecule has 0 bridgehead atoms. The summed E-state index contributed by atoms with van der Waals surface area (Å²) in [6.07, 6.45) is -1.28. The molecule has 37 heavy (non-hydrogen) atoms. The van der Waals surface area contributed by atoms with Gasteiger partial charge in [0.1, 0.15) is 10.6 Å². The number of carbonyl (C=O) groups is 2. The number of fused-ring (bicyclic) bond motifs is 1. The number of ether oxygens (including phenoxy) is 2. The molecular weight excluding hydrogens is 494 g/mol. The van der Waals surface area contributed by atoms with E-state index in [1.54, 1.807) is 73.8 Å². The van der Waals surface area contributed by atoms with Crippen molar-refractivity contribution in [3.05, 3.63) is 102 Å². The minimum atomic E-state index is -4.29. The Morgan fingerprint density at radius 1 is 0.838 bits per heavy atom. The summed E-state index contributed by atoms with van der Waals surface area (Å²) >= 11 is 0. The molecule has 0 aliphatic carbocycles. The molecule has 1 fully saturated rings. The van der Waals surface area contributed by atoms with Gasteiger partial charge in [0.05, 0.1) is 25.8 Å². The minimum absolute atomic E-state index is 0.00670. The van der Waals surface area contributed by atoms with Gasteiger partial charge in [-0.05, 0) is 53.4 Å². The zero-order valence-electron chi connectivity index (χ0n) is 20.0. The summed E-state index contributed by atoms with van der Waals surface area (Å²) in [5.41, 5.74) is 1.47. The van der Waals surface area contributed by atoms with Crippen LogP contribution in [0.3, 0.4) is 0 Å². The van der Waals surface area contributed by atoms with Gasteiger partial charge in [-0.15, -0.1) is 0 Å². The number of esters is 1. The molecule has 0 radical (unpaired) electrons. The zero-order valence-corrected chi connectivity index (χ0v) is 20.8. The molecule has 1 heterocycles. The second-order valence-corrected chi connectivity index (χ2v) is 9.95. The normalized spacial score (nSPS) is 17.4. The van der Waals surface area contributed by atoms with Gasteiger partial charge < -0.3 is 9.47 Å². The van der Waals surface area contributed by atoms with Crippen LogP contribution in [0.4, 0.5) is 5.69 Å². The number of amides is 1. The van der Waals surface area contributed by atoms with E-state index in [4.69, 9.17) is 13.7 Å². The summed E-state index contributed by atoms with van der Waals surface area (Å²) in [4.78, 5) is 26.6. The average molecular weight is 518 g/mol. The van der Waals surface area contributed by atoms with Gasteiger partial charge in [0.15, 0.2) is 6.10 Å². The van der Waals surface area contributed by atoms with Gasteiger partial charge in [-0.2, -0.15) is 8.42 Å². The van der Waals surface area contributed by atoms with Gasteiger partial charge >= 0.3 is 5.97 Å². The Labute approximate surface area is 214 Å². The molecule has 0 saturated carbocycles. The van der Waals surface area contributed by atoms with E-state index in [0.29, 0.717) is 28.0 Å². The second-order valence-electron chi connectivity index (χ2n) is 8.41. The number of carbonyl (C=O) groups excluding carboxylic acids is 2. The van der Waals surface area contributed by atoms with Crippen molar-refractivity contribution in [2.75, 3.05) is 19.1 Å². The Morgan fingerprint density at radius 2 is 1.51 bits per heavy atom. The quantitative estimate of drug-likeness (QED) is 0.202. The van der Waals surface area contributed by atoms with Gasteiger partial charge in [-0.1, -0.05) is 48.5 Å². The van der Waals surface area contributed by atoms with Gasteiger partial charge in [-0.25, -0.2) is 4.79 Å². The predicted octanol–water partition coefficient (Wildman–Crippen LogP) is 4.50. The van der Waals surface area contributed by atoms with E-state index in [-0.39, 0.29) is 4.90 Å². The van der Waals surface area contributed by atoms with Crippen molar-refractivity contribution in [1.29, 1.82) is 0 Å². The van der Waals surface area contributed by atoms with Gasteiger partial charge in [0, 0.05) is 11.1 Å². The molecule has 1 amide bonds. The molecule has 9 heteroatoms. The highest BCUT2D eigenvalue weighted by Crippen LogP contribution is 2.43. The summed E-state index contributed by atoms with van der Waals surface area (Å²) in [6.45, 7) is 0. The highest BCUT2D eigenvalue weighted by molar-refractivity contribution is 7.87. The standard InChI is InChI=1S/C28H23NO7S/c1-34-22-16-12-19(13-17-22)25-26(27(30)29(25)21-14-10-20(11-15-21)28(31)35-2)36-37(32,33)24-9-5-7-18-6-3-4-8-23(18)24/h3-17,25-26H,1-2H3/t25-,26-/m0/s1. The van der Waals surface area contributed by atoms with E-state index in [1.807, 2.05) is 18.2 Å². The molecule has 0 spiro atoms. The first-order chi connectivity index (χ1) is 17.8. The van der Waals surface area contributed by atoms with Crippen molar-refractivity contribution in [1.82, 2.24) is 0 Å². The number of benzene rings is 4. The number of β-lactam (4-membered cyclic amide) rings is 1. The summed E-state index contributed by atoms with van der Waals surface area (Å²) in [7, 11) is -1.47. The number of hydrogen-bond donors (Lipinski definition) is 0. The highest BCUT2D eigenvalue weighted by atomic mass is 32.2. The molecule has 1 aliphatic rings. The molecule has 4 aromatic rings. The summed E-state index contributed by atoms with van der Waals surface area (Å²) < 4.78 is 42.4. The molecule has 5 rings (SSSR count). The fraction of sp³-hybridized carbons (Fsp3) is 0.143. The molecule has 0 N–H and O–H groups in total. The number of rotatable bonds is 7. The first-order valence-electron chi connectivity index (χ1n) is 11.4. The monoisotopic (exact) mass is 517 g/mol. The maximum Gasteiger partial charge on any atom is 0.337 e. The lowest BCUT2D eigenvalue weighted by Gasteiger charge is -2.46. The fourth-order valence-electron chi connectivity index (χ4n) is 4.45. The van der Waals surface area contributed by atoms with Crippen molar-refractivity contribution in [2.24, 2.45) is 0 Å². The maximum absolute atomic E-state index is 13.4. The first-order valence-corrected chi connectivity index (χ1v) is 12.8. The predicted molar refractivity (Wildman–Crippen MR) is 137 cm³/mol. The number of methoxy groups -OCH3 is 2. The number of nitrogens with zero attached hydrogens (tertiary/aromatic N) is 1. The zero-order chi connectivity index (χ0) is 26.2. The molecule has 0 unspecified atom stereocenters. The van der Waals surface area contributed by atoms with Crippen LogP contribution in [0.5, 0.6) is 5.75 Å². The Hall–Kier alpha value is -4.21. The van der Waals surface area contributed by atoms with Gasteiger partial charge in [0.25, 0.3) is 16.0 Å². The Balaban J connectivity index is 1.51. The molecular formula is C28H23NO7S. The van der Waals surface area contributed by atoms with E-state index in [0.717, 1.165) is 5.39 Å². The van der Waals surface area contributed by atoms with Crippen LogP contribution in [0.25, 0.3) is 10.8 Å². The third kappa shape index (κ3) is 4.43. The molecule has 4 aromatic carbocycles. The lowest BCUT2D eigenvalue weighted by molar-refractivity contribution is -0.134. The third-order valence-corrected chi connectivity index (χ3v) is 7.67. The lowest BCUT2D eigenvalue weighted by Crippen LogP contribution is -2.60. The second kappa shape index (κ2) is 9.68. The smallest absolute Gasteiger partial charge is 0.337 e. The van der Waals surface area contributed by atoms with Crippen molar-refractivity contribution in [2.45, 2.75) is 17.0 Å². The largest absolute Gasteiger partial charge is 0.497 e. The van der Waals surface area contributed by atoms with Crippen LogP contribution in [0, 0.1) is 0 Å². The third-order valence-electron chi connectivity index (χ3n) is 6.32. The van der Waals surface area contributed by atoms with E-state index < -0.39 is 34.1 Å². The maximum atomic E-state index is 13.4. The SMILES string of the molecule is COC(=O)c1ccc(N2C(=O)[C@@H](OS(=O)(=O)c3cccc4ccccc34)[C@@H]2c2ccc(OC)cc2)cc1. The molecule has 2 atom stereocenters. The van der Waals surface area contributed by atoms with E-state index in [2.05, 4.69) is 0 Å². The van der Waals surface area contributed by atoms with Crippen molar-refractivity contribution >= 4 is 38.5 Å². The minimum Gasteiger partial charge on any atom is -0.497 e. The van der Waals surface area contributed by atoms with Gasteiger partial charge in [0.2, 0.25) is 0 Å². The Kier molecular flexibility index (Phi) is 6.41. The summed E-state index contributed by atoms with van der Waals surface area (Å²) in [5.74, 6) is -0.407. The fourth-order valence-corrected chi connectivity index (χ4v) is 5.71. The molecule has 0 aromatic heterocycles. The Morgan fingerprint density at radius 3 is 2.19 bits per heavy atom. The lowest BCUT2D eigenvalue weighted by atomic mass is 9.90. The van der Waals surface area contributed by atoms with E-state index in [9.17, 15) is 18.0 Å². The highest BCUT2D eigenvalue weighted by Gasteiger charge is 2.52. The van der Waals surface area contributed by atoms with Crippen molar-refractivity contribution in [3.8, 4) is 5.75 Å². The van der Waals surface area contributed by atoms with Crippen LogP contribution in [-0.4, -0.2) is 40.6 Å². The Bertz CT molecular complexity index is 1580. The molecule has 1 saturated heterocycles. The van der Waals surface area contributed by atoms with E-state index >= 15 is 0 Å². The van der Waals surface area contributed by atoms with Crippen LogP contribution >= 0.6 is 0 Å². The van der Waals surface area contributed by atoms with Crippen molar-refractivity contribution in [3.63, 3.8) is 0 Å². The molecule has 8 nitrogen and oxygen atoms in total. The average Bonchev–Trinajstić information content (AvgIpc) is 2.94. The first kappa shape index (κ1) is 24.5. The van der Waals surface area contributed by atoms with Crippen LogP contribution in [0.1, 0.15) is 22.0 Å².